The predicted molar refractivity (Wildman–Crippen MR) is 64.1 cm³/mol. The molecule has 0 bridgehead atoms. The van der Waals surface area contributed by atoms with Gasteiger partial charge in [0.2, 0.25) is 5.82 Å². The summed E-state index contributed by atoms with van der Waals surface area (Å²) in [4.78, 5) is 23.9. The van der Waals surface area contributed by atoms with E-state index < -0.39 is 44.9 Å². The fourth-order valence-electron chi connectivity index (χ4n) is 2.15. The maximum atomic E-state index is 11.4. The van der Waals surface area contributed by atoms with Crippen LogP contribution in [0.4, 0.5) is 0 Å². The van der Waals surface area contributed by atoms with Crippen LogP contribution in [0.15, 0.2) is 6.33 Å². The first-order valence-electron chi connectivity index (χ1n) is 5.58. The van der Waals surface area contributed by atoms with Crippen LogP contribution in [-0.2, 0) is 18.3 Å². The van der Waals surface area contributed by atoms with E-state index in [-0.39, 0.29) is 12.0 Å². The maximum absolute atomic E-state index is 11.4. The minimum atomic E-state index is -4.19. The topological polar surface area (TPSA) is 194 Å². The Morgan fingerprint density at radius 1 is 1.48 bits per heavy atom. The zero-order chi connectivity index (χ0) is 14.5. The van der Waals surface area contributed by atoms with E-state index in [0.717, 1.165) is 4.68 Å². The van der Waals surface area contributed by atoms with E-state index in [1.807, 2.05) is 0 Å². The van der Waals surface area contributed by atoms with Crippen LogP contribution in [-0.4, -0.2) is 55.6 Å². The van der Waals surface area contributed by atoms with Crippen molar-refractivity contribution in [2.75, 3.05) is 6.61 Å². The zero-order valence-corrected chi connectivity index (χ0v) is 11.5. The highest BCUT2D eigenvalue weighted by molar-refractivity contribution is 7.47. The van der Waals surface area contributed by atoms with Crippen LogP contribution in [0.5, 0.6) is 0 Å². The number of hydrogen-bond donors (Lipinski definition) is 4. The normalized spacial score (nSPS) is 38.0. The molecule has 7 N–H and O–H groups in total. The molecule has 0 radical (unpaired) electrons. The molecule has 21 heavy (non-hydrogen) atoms. The molecule has 3 heterocycles. The Kier molecular flexibility index (Phi) is 4.13. The molecule has 5 atom stereocenters. The van der Waals surface area contributed by atoms with Gasteiger partial charge in [-0.1, -0.05) is 0 Å². The number of nitrogens with two attached hydrogens (primary N) is 1. The van der Waals surface area contributed by atoms with Crippen molar-refractivity contribution in [1.29, 1.82) is 0 Å². The zero-order valence-electron chi connectivity index (χ0n) is 10.6. The summed E-state index contributed by atoms with van der Waals surface area (Å²) in [6.45, 7) is -0.432. The van der Waals surface area contributed by atoms with Crippen LogP contribution in [0.1, 0.15) is 16.8 Å². The fraction of sp³-hybridized carbons (Fsp3) is 0.625. The second kappa shape index (κ2) is 5.42. The predicted octanol–water partition coefficient (Wildman–Crippen LogP) is -1.69. The number of rotatable bonds is 3. The quantitative estimate of drug-likeness (QED) is 0.466. The van der Waals surface area contributed by atoms with Gasteiger partial charge in [0.05, 0.1) is 6.61 Å². The number of primary amides is 1. The summed E-state index contributed by atoms with van der Waals surface area (Å²) >= 11 is 0. The molecule has 13 heteroatoms. The number of amides is 1. The van der Waals surface area contributed by atoms with Gasteiger partial charge in [0.25, 0.3) is 5.91 Å². The second-order valence-electron chi connectivity index (χ2n) is 4.27. The van der Waals surface area contributed by atoms with Gasteiger partial charge in [0.1, 0.15) is 24.6 Å². The minimum absolute atomic E-state index is 0. The number of carbonyl (C=O) groups excluding carboxylic acids is 1. The Balaban J connectivity index is 0.00000161. The number of aromatic nitrogens is 3. The van der Waals surface area contributed by atoms with Crippen LogP contribution in [0.3, 0.4) is 0 Å². The van der Waals surface area contributed by atoms with E-state index in [1.165, 1.54) is 6.33 Å². The average molecular weight is 323 g/mol. The SMILES string of the molecule is N.NC(=O)c1ncn([C@@H]2O[C@H](CO)[C@H]3OP(=O)(O)O[C@H]32)n1. The summed E-state index contributed by atoms with van der Waals surface area (Å²) in [6.07, 6.45) is -2.51. The number of aliphatic hydroxyl groups is 1. The number of carbonyl (C=O) groups is 1. The number of fused-ring (bicyclic) bond motifs is 1. The lowest BCUT2D eigenvalue weighted by atomic mass is 10.1. The summed E-state index contributed by atoms with van der Waals surface area (Å²) in [5.41, 5.74) is 5.03. The first-order chi connectivity index (χ1) is 9.41. The largest absolute Gasteiger partial charge is 0.473 e. The van der Waals surface area contributed by atoms with Crippen LogP contribution in [0.25, 0.3) is 0 Å². The van der Waals surface area contributed by atoms with E-state index in [1.54, 1.807) is 0 Å². The summed E-state index contributed by atoms with van der Waals surface area (Å²) in [5.74, 6) is -1.06. The Labute approximate surface area is 118 Å². The van der Waals surface area contributed by atoms with Crippen LogP contribution in [0, 0.1) is 0 Å². The van der Waals surface area contributed by atoms with Crippen molar-refractivity contribution < 1.29 is 33.1 Å². The first kappa shape index (κ1) is 16.0. The minimum Gasteiger partial charge on any atom is -0.394 e. The molecule has 1 amide bonds. The van der Waals surface area contributed by atoms with Crippen molar-refractivity contribution in [3.8, 4) is 0 Å². The monoisotopic (exact) mass is 323 g/mol. The van der Waals surface area contributed by atoms with E-state index >= 15 is 0 Å². The highest BCUT2D eigenvalue weighted by Gasteiger charge is 2.57. The second-order valence-corrected chi connectivity index (χ2v) is 5.63. The van der Waals surface area contributed by atoms with Crippen molar-refractivity contribution >= 4 is 13.7 Å². The molecule has 12 nitrogen and oxygen atoms in total. The van der Waals surface area contributed by atoms with Crippen molar-refractivity contribution in [2.45, 2.75) is 24.5 Å². The van der Waals surface area contributed by atoms with Gasteiger partial charge in [-0.2, -0.15) is 0 Å². The Morgan fingerprint density at radius 3 is 2.71 bits per heavy atom. The third kappa shape index (κ3) is 2.70. The van der Waals surface area contributed by atoms with Gasteiger partial charge in [-0.3, -0.25) is 13.8 Å². The van der Waals surface area contributed by atoms with E-state index in [9.17, 15) is 19.4 Å². The van der Waals surface area contributed by atoms with E-state index in [2.05, 4.69) is 10.1 Å². The molecule has 2 aliphatic rings. The molecular weight excluding hydrogens is 309 g/mol. The summed E-state index contributed by atoms with van der Waals surface area (Å²) in [7, 11) is -4.19. The van der Waals surface area contributed by atoms with Crippen LogP contribution >= 0.6 is 7.82 Å². The lowest BCUT2D eigenvalue weighted by Gasteiger charge is -2.16. The number of aliphatic hydroxyl groups excluding tert-OH is 1. The molecule has 2 aliphatic heterocycles. The van der Waals surface area contributed by atoms with Gasteiger partial charge < -0.3 is 26.6 Å². The molecular formula is C8H14N5O7P. The number of ether oxygens (including phenoxy) is 1. The Morgan fingerprint density at radius 2 is 2.14 bits per heavy atom. The Hall–Kier alpha value is -1.40. The number of phosphoric acid groups is 1. The lowest BCUT2D eigenvalue weighted by Crippen LogP contribution is -2.30. The molecule has 0 spiro atoms. The van der Waals surface area contributed by atoms with Gasteiger partial charge in [-0.05, 0) is 0 Å². The summed E-state index contributed by atoms with van der Waals surface area (Å²) in [5, 5.41) is 13.0. The third-order valence-corrected chi connectivity index (χ3v) is 3.98. The summed E-state index contributed by atoms with van der Waals surface area (Å²) < 4.78 is 27.7. The van der Waals surface area contributed by atoms with Crippen molar-refractivity contribution in [3.05, 3.63) is 12.2 Å². The standard InChI is InChI=1S/C8H11N4O7P.H3N/c9-6(14)7-10-2-12(11-7)8-5-4(3(1-13)17-8)18-20(15,16)19-5;/h2-5,8,13H,1H2,(H2,9,14)(H,15,16);1H3/t3-,4-,5-,8-;/m1./s1. The first-order valence-corrected chi connectivity index (χ1v) is 7.08. The van der Waals surface area contributed by atoms with E-state index in [0.29, 0.717) is 0 Å². The number of nitrogens with zero attached hydrogens (tertiary/aromatic N) is 3. The lowest BCUT2D eigenvalue weighted by molar-refractivity contribution is -0.0658. The van der Waals surface area contributed by atoms with Crippen molar-refractivity contribution in [1.82, 2.24) is 20.9 Å². The number of phosphoric ester groups is 1. The fourth-order valence-corrected chi connectivity index (χ4v) is 3.30. The van der Waals surface area contributed by atoms with E-state index in [4.69, 9.17) is 19.5 Å². The molecule has 0 aliphatic carbocycles. The van der Waals surface area contributed by atoms with Crippen molar-refractivity contribution in [3.63, 3.8) is 0 Å². The molecule has 118 valence electrons. The van der Waals surface area contributed by atoms with Gasteiger partial charge in [-0.15, -0.1) is 5.10 Å². The highest BCUT2D eigenvalue weighted by atomic mass is 31.2. The molecule has 1 aromatic heterocycles. The summed E-state index contributed by atoms with van der Waals surface area (Å²) in [6, 6.07) is 0. The van der Waals surface area contributed by atoms with Gasteiger partial charge in [0, 0.05) is 0 Å². The number of hydrogen-bond acceptors (Lipinski definition) is 9. The molecule has 2 fully saturated rings. The molecule has 0 saturated carbocycles. The Bertz CT molecular complexity index is 593. The highest BCUT2D eigenvalue weighted by Crippen LogP contribution is 2.58. The molecule has 1 aromatic rings. The smallest absolute Gasteiger partial charge is 0.394 e. The average Bonchev–Trinajstić information content (AvgIpc) is 3.01. The molecule has 1 unspecified atom stereocenters. The van der Waals surface area contributed by atoms with Gasteiger partial charge in [0.15, 0.2) is 6.23 Å². The molecule has 3 rings (SSSR count). The van der Waals surface area contributed by atoms with Gasteiger partial charge >= 0.3 is 7.82 Å². The maximum Gasteiger partial charge on any atom is 0.473 e. The van der Waals surface area contributed by atoms with Gasteiger partial charge in [-0.25, -0.2) is 14.2 Å². The van der Waals surface area contributed by atoms with Crippen molar-refractivity contribution in [2.24, 2.45) is 5.73 Å². The van der Waals surface area contributed by atoms with Crippen LogP contribution in [0.2, 0.25) is 0 Å². The molecule has 0 aromatic carbocycles. The third-order valence-electron chi connectivity index (χ3n) is 2.96. The molecule has 2 saturated heterocycles. The van der Waals surface area contributed by atoms with Crippen LogP contribution < -0.4 is 11.9 Å².